The highest BCUT2D eigenvalue weighted by molar-refractivity contribution is 5.89. The molecule has 0 radical (unpaired) electrons. The van der Waals surface area contributed by atoms with Gasteiger partial charge < -0.3 is 15.6 Å². The van der Waals surface area contributed by atoms with Crippen molar-refractivity contribution in [2.45, 2.75) is 32.2 Å². The summed E-state index contributed by atoms with van der Waals surface area (Å²) < 4.78 is 2.03. The summed E-state index contributed by atoms with van der Waals surface area (Å²) in [7, 11) is 0. The molecule has 1 aromatic rings. The third-order valence-electron chi connectivity index (χ3n) is 3.13. The van der Waals surface area contributed by atoms with Crippen molar-refractivity contribution in [2.24, 2.45) is 5.73 Å². The number of nitrogens with one attached hydrogen (secondary N) is 1. The molecule has 2 rings (SSSR count). The number of nitrogens with two attached hydrogens (primary N) is 1. The average Bonchev–Trinajstić information content (AvgIpc) is 2.73. The number of hydrogen-bond acceptors (Lipinski definition) is 3. The second kappa shape index (κ2) is 4.65. The first kappa shape index (κ1) is 11.1. The van der Waals surface area contributed by atoms with Gasteiger partial charge in [0.1, 0.15) is 0 Å². The van der Waals surface area contributed by atoms with Crippen LogP contribution in [0.25, 0.3) is 0 Å². The molecule has 1 amide bonds. The maximum atomic E-state index is 11.3. The number of aryl methyl sites for hydroxylation is 1. The highest BCUT2D eigenvalue weighted by Gasteiger charge is 2.22. The van der Waals surface area contributed by atoms with Gasteiger partial charge in [-0.05, 0) is 32.4 Å². The molecule has 2 heterocycles. The first-order valence-electron chi connectivity index (χ1n) is 5.80. The van der Waals surface area contributed by atoms with Gasteiger partial charge in [-0.3, -0.25) is 4.79 Å². The number of hydrogen-bond donors (Lipinski definition) is 2. The maximum Gasteiger partial charge on any atom is 0.284 e. The highest BCUT2D eigenvalue weighted by atomic mass is 16.1. The summed E-state index contributed by atoms with van der Waals surface area (Å²) in [5.41, 5.74) is 6.45. The van der Waals surface area contributed by atoms with Crippen molar-refractivity contribution in [3.8, 4) is 0 Å². The fourth-order valence-electron chi connectivity index (χ4n) is 2.31. The standard InChI is InChI=1S/C11H18N4O/c1-2-8-7-14-11(10(12)16)15(8)9-3-5-13-6-4-9/h7,9,13H,2-6H2,1H3,(H2,12,16). The summed E-state index contributed by atoms with van der Waals surface area (Å²) in [5.74, 6) is -0.0259. The maximum absolute atomic E-state index is 11.3. The molecular weight excluding hydrogens is 204 g/mol. The van der Waals surface area contributed by atoms with Gasteiger partial charge in [-0.1, -0.05) is 6.92 Å². The lowest BCUT2D eigenvalue weighted by atomic mass is 10.1. The topological polar surface area (TPSA) is 72.9 Å². The second-order valence-corrected chi connectivity index (χ2v) is 4.14. The molecule has 88 valence electrons. The number of piperidine rings is 1. The van der Waals surface area contributed by atoms with E-state index >= 15 is 0 Å². The largest absolute Gasteiger partial charge is 0.363 e. The normalized spacial score (nSPS) is 17.6. The van der Waals surface area contributed by atoms with Crippen LogP contribution in [0.5, 0.6) is 0 Å². The van der Waals surface area contributed by atoms with Crippen molar-refractivity contribution < 1.29 is 4.79 Å². The molecule has 1 aliphatic heterocycles. The van der Waals surface area contributed by atoms with Gasteiger partial charge in [-0.15, -0.1) is 0 Å². The molecule has 3 N–H and O–H groups in total. The number of aromatic nitrogens is 2. The zero-order chi connectivity index (χ0) is 11.5. The van der Waals surface area contributed by atoms with Crippen LogP contribution in [0.2, 0.25) is 0 Å². The molecule has 0 aliphatic carbocycles. The van der Waals surface area contributed by atoms with Gasteiger partial charge in [0.2, 0.25) is 0 Å². The number of rotatable bonds is 3. The molecule has 1 aromatic heterocycles. The number of primary amides is 1. The van der Waals surface area contributed by atoms with Crippen LogP contribution in [-0.4, -0.2) is 28.5 Å². The van der Waals surface area contributed by atoms with Crippen LogP contribution in [0, 0.1) is 0 Å². The first-order valence-corrected chi connectivity index (χ1v) is 5.80. The Morgan fingerprint density at radius 2 is 2.31 bits per heavy atom. The van der Waals surface area contributed by atoms with Crippen molar-refractivity contribution in [3.05, 3.63) is 17.7 Å². The minimum atomic E-state index is -0.432. The molecule has 0 aromatic carbocycles. The first-order chi connectivity index (χ1) is 7.74. The van der Waals surface area contributed by atoms with E-state index < -0.39 is 5.91 Å². The van der Waals surface area contributed by atoms with Crippen LogP contribution >= 0.6 is 0 Å². The molecule has 5 heteroatoms. The van der Waals surface area contributed by atoms with E-state index in [-0.39, 0.29) is 0 Å². The molecule has 1 saturated heterocycles. The smallest absolute Gasteiger partial charge is 0.284 e. The molecule has 5 nitrogen and oxygen atoms in total. The van der Waals surface area contributed by atoms with E-state index in [0.29, 0.717) is 11.9 Å². The molecule has 0 atom stereocenters. The lowest BCUT2D eigenvalue weighted by molar-refractivity contribution is 0.0982. The van der Waals surface area contributed by atoms with Crippen molar-refractivity contribution in [1.82, 2.24) is 14.9 Å². The summed E-state index contributed by atoms with van der Waals surface area (Å²) in [6.07, 6.45) is 4.71. The summed E-state index contributed by atoms with van der Waals surface area (Å²) in [4.78, 5) is 15.4. The fourth-order valence-corrected chi connectivity index (χ4v) is 2.31. The van der Waals surface area contributed by atoms with Crippen LogP contribution < -0.4 is 11.1 Å². The van der Waals surface area contributed by atoms with E-state index in [4.69, 9.17) is 5.73 Å². The van der Waals surface area contributed by atoms with Gasteiger partial charge in [0.15, 0.2) is 5.82 Å². The van der Waals surface area contributed by atoms with E-state index in [2.05, 4.69) is 17.2 Å². The summed E-state index contributed by atoms with van der Waals surface area (Å²) in [5, 5.41) is 3.31. The quantitative estimate of drug-likeness (QED) is 0.780. The van der Waals surface area contributed by atoms with Crippen LogP contribution in [0.4, 0.5) is 0 Å². The van der Waals surface area contributed by atoms with Crippen molar-refractivity contribution in [1.29, 1.82) is 0 Å². The van der Waals surface area contributed by atoms with Gasteiger partial charge >= 0.3 is 0 Å². The molecule has 1 aliphatic rings. The fraction of sp³-hybridized carbons (Fsp3) is 0.636. The number of carbonyl (C=O) groups is 1. The minimum absolute atomic E-state index is 0.362. The number of carbonyl (C=O) groups excluding carboxylic acids is 1. The van der Waals surface area contributed by atoms with Crippen LogP contribution in [0.15, 0.2) is 6.20 Å². The Morgan fingerprint density at radius 3 is 2.88 bits per heavy atom. The van der Waals surface area contributed by atoms with Crippen LogP contribution in [0.1, 0.15) is 42.1 Å². The van der Waals surface area contributed by atoms with E-state index in [1.807, 2.05) is 4.57 Å². The lowest BCUT2D eigenvalue weighted by Crippen LogP contribution is -2.32. The number of nitrogens with zero attached hydrogens (tertiary/aromatic N) is 2. The summed E-state index contributed by atoms with van der Waals surface area (Å²) in [6.45, 7) is 4.05. The summed E-state index contributed by atoms with van der Waals surface area (Å²) >= 11 is 0. The van der Waals surface area contributed by atoms with Gasteiger partial charge in [0.25, 0.3) is 5.91 Å². The predicted octanol–water partition coefficient (Wildman–Crippen LogP) is 0.469. The Bertz CT molecular complexity index is 379. The average molecular weight is 222 g/mol. The Morgan fingerprint density at radius 1 is 1.62 bits per heavy atom. The Kier molecular flexibility index (Phi) is 3.24. The Labute approximate surface area is 95.0 Å². The van der Waals surface area contributed by atoms with E-state index in [9.17, 15) is 4.79 Å². The Balaban J connectivity index is 2.34. The zero-order valence-corrected chi connectivity index (χ0v) is 9.57. The van der Waals surface area contributed by atoms with Crippen LogP contribution in [-0.2, 0) is 6.42 Å². The molecule has 0 spiro atoms. The number of imidazole rings is 1. The molecular formula is C11H18N4O. The minimum Gasteiger partial charge on any atom is -0.363 e. The zero-order valence-electron chi connectivity index (χ0n) is 9.57. The highest BCUT2D eigenvalue weighted by Crippen LogP contribution is 2.23. The van der Waals surface area contributed by atoms with Gasteiger partial charge in [-0.2, -0.15) is 0 Å². The second-order valence-electron chi connectivity index (χ2n) is 4.14. The number of amides is 1. The van der Waals surface area contributed by atoms with Gasteiger partial charge in [0, 0.05) is 17.9 Å². The molecule has 0 unspecified atom stereocenters. The van der Waals surface area contributed by atoms with E-state index in [0.717, 1.165) is 38.0 Å². The SMILES string of the molecule is CCc1cnc(C(N)=O)n1C1CCNCC1. The van der Waals surface area contributed by atoms with Crippen molar-refractivity contribution in [2.75, 3.05) is 13.1 Å². The van der Waals surface area contributed by atoms with E-state index in [1.54, 1.807) is 6.20 Å². The molecule has 1 fully saturated rings. The monoisotopic (exact) mass is 222 g/mol. The molecule has 0 bridgehead atoms. The van der Waals surface area contributed by atoms with Gasteiger partial charge in [-0.25, -0.2) is 4.98 Å². The van der Waals surface area contributed by atoms with Crippen LogP contribution in [0.3, 0.4) is 0 Å². The van der Waals surface area contributed by atoms with E-state index in [1.165, 1.54) is 0 Å². The third-order valence-corrected chi connectivity index (χ3v) is 3.13. The Hall–Kier alpha value is -1.36. The summed E-state index contributed by atoms with van der Waals surface area (Å²) in [6, 6.07) is 0.362. The molecule has 0 saturated carbocycles. The predicted molar refractivity (Wildman–Crippen MR) is 61.3 cm³/mol. The third kappa shape index (κ3) is 1.95. The lowest BCUT2D eigenvalue weighted by Gasteiger charge is -2.26. The van der Waals surface area contributed by atoms with Gasteiger partial charge in [0.05, 0.1) is 0 Å². The van der Waals surface area contributed by atoms with Crippen molar-refractivity contribution >= 4 is 5.91 Å². The molecule has 16 heavy (non-hydrogen) atoms. The van der Waals surface area contributed by atoms with Crippen molar-refractivity contribution in [3.63, 3.8) is 0 Å².